The highest BCUT2D eigenvalue weighted by molar-refractivity contribution is 5.80. The fourth-order valence-corrected chi connectivity index (χ4v) is 3.59. The number of H-pyrrole nitrogens is 1. The number of aromatic amines is 1. The molecule has 1 aromatic carbocycles. The van der Waals surface area contributed by atoms with Crippen LogP contribution in [0.1, 0.15) is 36.7 Å². The summed E-state index contributed by atoms with van der Waals surface area (Å²) in [5.74, 6) is 0.593. The number of carbonyl (C=O) groups is 1. The number of aromatic nitrogens is 5. The first kappa shape index (κ1) is 17.3. The normalized spacial score (nSPS) is 16.6. The molecule has 0 spiro atoms. The number of fused-ring (bicyclic) bond motifs is 1. The van der Waals surface area contributed by atoms with Crippen LogP contribution in [-0.2, 0) is 17.8 Å². The largest absolute Gasteiger partial charge is 0.344 e. The van der Waals surface area contributed by atoms with E-state index in [1.165, 1.54) is 4.57 Å². The summed E-state index contributed by atoms with van der Waals surface area (Å²) in [4.78, 5) is 26.8. The summed E-state index contributed by atoms with van der Waals surface area (Å²) < 4.78 is 3.32. The number of rotatable bonds is 4. The van der Waals surface area contributed by atoms with Gasteiger partial charge in [0.25, 0.3) is 0 Å². The van der Waals surface area contributed by atoms with Crippen molar-refractivity contribution in [3.63, 3.8) is 0 Å². The van der Waals surface area contributed by atoms with Crippen LogP contribution < -0.4 is 5.69 Å². The molecule has 2 aromatic heterocycles. The van der Waals surface area contributed by atoms with Crippen molar-refractivity contribution in [2.24, 2.45) is 0 Å². The van der Waals surface area contributed by atoms with Gasteiger partial charge in [0, 0.05) is 31.8 Å². The quantitative estimate of drug-likeness (QED) is 0.761. The second-order valence-corrected chi connectivity index (χ2v) is 6.90. The molecular formula is C19H22N6O2. The molecule has 0 saturated carbocycles. The lowest BCUT2D eigenvalue weighted by atomic mass is 10.1. The third-order valence-electron chi connectivity index (χ3n) is 4.95. The van der Waals surface area contributed by atoms with Crippen LogP contribution in [-0.4, -0.2) is 42.4 Å². The number of hydrogen-bond acceptors (Lipinski definition) is 4. The number of likely N-dealkylation sites (N-methyl/N-ethyl adjacent to an activating group) is 1. The van der Waals surface area contributed by atoms with Gasteiger partial charge in [-0.25, -0.2) is 14.6 Å². The summed E-state index contributed by atoms with van der Waals surface area (Å²) in [5.41, 5.74) is 1.59. The van der Waals surface area contributed by atoms with E-state index < -0.39 is 6.04 Å². The van der Waals surface area contributed by atoms with Crippen LogP contribution in [0.25, 0.3) is 5.69 Å². The molecule has 1 atom stereocenters. The van der Waals surface area contributed by atoms with E-state index >= 15 is 0 Å². The average Bonchev–Trinajstić information content (AvgIpc) is 3.23. The molecule has 0 fully saturated rings. The Labute approximate surface area is 156 Å². The summed E-state index contributed by atoms with van der Waals surface area (Å²) in [7, 11) is 1.76. The first-order valence-electron chi connectivity index (χ1n) is 9.13. The van der Waals surface area contributed by atoms with Gasteiger partial charge in [-0.3, -0.25) is 9.36 Å². The SMILES string of the molecule is CN(Cc1cnn(-c2ccccc2)c1)C(=O)C1CCCCc2n[nH]c(=O)n21. The number of carbonyl (C=O) groups excluding carboxylic acids is 1. The highest BCUT2D eigenvalue weighted by Crippen LogP contribution is 2.23. The Balaban J connectivity index is 1.51. The zero-order valence-corrected chi connectivity index (χ0v) is 15.2. The van der Waals surface area contributed by atoms with Gasteiger partial charge in [0.2, 0.25) is 5.91 Å². The number of aryl methyl sites for hydroxylation is 1. The van der Waals surface area contributed by atoms with Crippen molar-refractivity contribution in [3.05, 3.63) is 64.6 Å². The summed E-state index contributed by atoms with van der Waals surface area (Å²) in [6.45, 7) is 0.435. The molecule has 0 aliphatic carbocycles. The third-order valence-corrected chi connectivity index (χ3v) is 4.95. The molecule has 27 heavy (non-hydrogen) atoms. The van der Waals surface area contributed by atoms with Gasteiger partial charge in [0.15, 0.2) is 0 Å². The first-order valence-corrected chi connectivity index (χ1v) is 9.13. The highest BCUT2D eigenvalue weighted by Gasteiger charge is 2.29. The molecule has 3 heterocycles. The lowest BCUT2D eigenvalue weighted by molar-refractivity contribution is -0.134. The van der Waals surface area contributed by atoms with E-state index in [1.807, 2.05) is 36.5 Å². The van der Waals surface area contributed by atoms with E-state index in [0.717, 1.165) is 30.5 Å². The minimum absolute atomic E-state index is 0.0749. The van der Waals surface area contributed by atoms with Gasteiger partial charge in [-0.2, -0.15) is 10.2 Å². The molecule has 0 saturated heterocycles. The fourth-order valence-electron chi connectivity index (χ4n) is 3.59. The second kappa shape index (κ2) is 7.22. The van der Waals surface area contributed by atoms with E-state index in [-0.39, 0.29) is 11.6 Å². The zero-order chi connectivity index (χ0) is 18.8. The third kappa shape index (κ3) is 3.42. The second-order valence-electron chi connectivity index (χ2n) is 6.90. The van der Waals surface area contributed by atoms with Crippen molar-refractivity contribution in [3.8, 4) is 5.69 Å². The number of hydrogen-bond donors (Lipinski definition) is 1. The Kier molecular flexibility index (Phi) is 4.62. The van der Waals surface area contributed by atoms with Crippen molar-refractivity contribution in [1.82, 2.24) is 29.4 Å². The summed E-state index contributed by atoms with van der Waals surface area (Å²) >= 11 is 0. The molecule has 1 aliphatic rings. The highest BCUT2D eigenvalue weighted by atomic mass is 16.2. The topological polar surface area (TPSA) is 88.8 Å². The molecule has 0 bridgehead atoms. The van der Waals surface area contributed by atoms with Crippen LogP contribution in [0, 0.1) is 0 Å². The van der Waals surface area contributed by atoms with Gasteiger partial charge in [-0.1, -0.05) is 24.6 Å². The number of amides is 1. The maximum Gasteiger partial charge on any atom is 0.344 e. The number of nitrogens with one attached hydrogen (secondary N) is 1. The zero-order valence-electron chi connectivity index (χ0n) is 15.2. The number of nitrogens with zero attached hydrogens (tertiary/aromatic N) is 5. The lowest BCUT2D eigenvalue weighted by Crippen LogP contribution is -2.37. The van der Waals surface area contributed by atoms with Crippen molar-refractivity contribution in [1.29, 1.82) is 0 Å². The maximum absolute atomic E-state index is 13.0. The molecule has 140 valence electrons. The van der Waals surface area contributed by atoms with E-state index in [4.69, 9.17) is 0 Å². The Morgan fingerprint density at radius 2 is 2.11 bits per heavy atom. The maximum atomic E-state index is 13.0. The van der Waals surface area contributed by atoms with Crippen LogP contribution >= 0.6 is 0 Å². The molecular weight excluding hydrogens is 344 g/mol. The Hall–Kier alpha value is -3.16. The van der Waals surface area contributed by atoms with Crippen LogP contribution in [0.4, 0.5) is 0 Å². The van der Waals surface area contributed by atoms with Gasteiger partial charge < -0.3 is 4.90 Å². The van der Waals surface area contributed by atoms with Crippen molar-refractivity contribution in [2.75, 3.05) is 7.05 Å². The monoisotopic (exact) mass is 366 g/mol. The summed E-state index contributed by atoms with van der Waals surface area (Å²) in [6, 6.07) is 9.33. The molecule has 3 aromatic rings. The van der Waals surface area contributed by atoms with Crippen LogP contribution in [0.15, 0.2) is 47.5 Å². The van der Waals surface area contributed by atoms with E-state index in [9.17, 15) is 9.59 Å². The van der Waals surface area contributed by atoms with Gasteiger partial charge in [0.1, 0.15) is 11.9 Å². The minimum atomic E-state index is -0.497. The van der Waals surface area contributed by atoms with Crippen LogP contribution in [0.2, 0.25) is 0 Å². The predicted octanol–water partition coefficient (Wildman–Crippen LogP) is 1.68. The molecule has 8 heteroatoms. The van der Waals surface area contributed by atoms with Gasteiger partial charge >= 0.3 is 5.69 Å². The van der Waals surface area contributed by atoms with Crippen LogP contribution in [0.3, 0.4) is 0 Å². The number of benzene rings is 1. The molecule has 1 N–H and O–H groups in total. The molecule has 4 rings (SSSR count). The predicted molar refractivity (Wildman–Crippen MR) is 99.5 cm³/mol. The van der Waals surface area contributed by atoms with E-state index in [0.29, 0.717) is 18.8 Å². The number of para-hydroxylation sites is 1. The van der Waals surface area contributed by atoms with E-state index in [1.54, 1.807) is 22.8 Å². The van der Waals surface area contributed by atoms with Crippen molar-refractivity contribution < 1.29 is 4.79 Å². The van der Waals surface area contributed by atoms with Crippen molar-refractivity contribution >= 4 is 5.91 Å². The standard InChI is InChI=1S/C19H22N6O2/c1-23(12-14-11-20-24(13-14)15-7-3-2-4-8-15)18(26)16-9-5-6-10-17-21-22-19(27)25(16)17/h2-4,7-8,11,13,16H,5-6,9-10,12H2,1H3,(H,22,27). The Morgan fingerprint density at radius 3 is 2.93 bits per heavy atom. The average molecular weight is 366 g/mol. The smallest absolute Gasteiger partial charge is 0.340 e. The van der Waals surface area contributed by atoms with Gasteiger partial charge in [-0.15, -0.1) is 0 Å². The molecule has 1 amide bonds. The van der Waals surface area contributed by atoms with Gasteiger partial charge in [0.05, 0.1) is 11.9 Å². The van der Waals surface area contributed by atoms with Crippen LogP contribution in [0.5, 0.6) is 0 Å². The van der Waals surface area contributed by atoms with E-state index in [2.05, 4.69) is 15.3 Å². The Morgan fingerprint density at radius 1 is 1.30 bits per heavy atom. The summed E-state index contributed by atoms with van der Waals surface area (Å²) in [5, 5.41) is 10.9. The van der Waals surface area contributed by atoms with Crippen molar-refractivity contribution in [2.45, 2.75) is 38.3 Å². The molecule has 1 unspecified atom stereocenters. The minimum Gasteiger partial charge on any atom is -0.340 e. The lowest BCUT2D eigenvalue weighted by Gasteiger charge is -2.23. The molecule has 0 radical (unpaired) electrons. The van der Waals surface area contributed by atoms with Gasteiger partial charge in [-0.05, 0) is 25.0 Å². The molecule has 8 nitrogen and oxygen atoms in total. The summed E-state index contributed by atoms with van der Waals surface area (Å²) in [6.07, 6.45) is 6.89. The molecule has 1 aliphatic heterocycles. The Bertz CT molecular complexity index is 987. The first-order chi connectivity index (χ1) is 13.1. The fraction of sp³-hybridized carbons (Fsp3) is 0.368.